The summed E-state index contributed by atoms with van der Waals surface area (Å²) in [6.45, 7) is 1.06. The Morgan fingerprint density at radius 1 is 1.12 bits per heavy atom. The van der Waals surface area contributed by atoms with Crippen molar-refractivity contribution in [3.8, 4) is 17.2 Å². The third-order valence-corrected chi connectivity index (χ3v) is 4.05. The summed E-state index contributed by atoms with van der Waals surface area (Å²) in [7, 11) is 6.27. The van der Waals surface area contributed by atoms with E-state index in [1.54, 1.807) is 40.6 Å². The molecule has 0 radical (unpaired) electrons. The molecule has 0 aromatic heterocycles. The van der Waals surface area contributed by atoms with Gasteiger partial charge in [0, 0.05) is 25.3 Å². The molecular formula is C16H22N2O5S. The smallest absolute Gasteiger partial charge is 0.248 e. The molecular weight excluding hydrogens is 332 g/mol. The number of carbonyl (C=O) groups is 1. The highest BCUT2D eigenvalue weighted by atomic mass is 32.1. The zero-order chi connectivity index (χ0) is 17.7. The summed E-state index contributed by atoms with van der Waals surface area (Å²) in [4.78, 5) is 13.9. The largest absolute Gasteiger partial charge is 0.493 e. The third kappa shape index (κ3) is 3.70. The van der Waals surface area contributed by atoms with Gasteiger partial charge in [0.1, 0.15) is 5.50 Å². The van der Waals surface area contributed by atoms with E-state index in [9.17, 15) is 4.79 Å². The van der Waals surface area contributed by atoms with E-state index in [1.165, 1.54) is 6.08 Å². The van der Waals surface area contributed by atoms with Crippen LogP contribution in [0.15, 0.2) is 18.2 Å². The molecule has 0 aliphatic carbocycles. The van der Waals surface area contributed by atoms with E-state index in [-0.39, 0.29) is 5.91 Å². The third-order valence-electron chi connectivity index (χ3n) is 3.64. The molecule has 1 aromatic carbocycles. The number of rotatable bonds is 7. The summed E-state index contributed by atoms with van der Waals surface area (Å²) in [5.74, 6) is 1.31. The number of nitrogens with zero attached hydrogens (tertiary/aromatic N) is 1. The van der Waals surface area contributed by atoms with Crippen LogP contribution in [0.5, 0.6) is 17.2 Å². The molecule has 1 amide bonds. The number of ether oxygens (including phenoxy) is 4. The van der Waals surface area contributed by atoms with Gasteiger partial charge in [0.25, 0.3) is 0 Å². The monoisotopic (exact) mass is 354 g/mol. The first-order chi connectivity index (χ1) is 11.5. The molecule has 0 bridgehead atoms. The molecule has 1 aromatic rings. The molecule has 1 unspecified atom stereocenters. The van der Waals surface area contributed by atoms with Crippen molar-refractivity contribution in [2.45, 2.75) is 5.50 Å². The van der Waals surface area contributed by atoms with Crippen LogP contribution in [0.4, 0.5) is 0 Å². The van der Waals surface area contributed by atoms with Crippen LogP contribution in [0.25, 0.3) is 5.70 Å². The highest BCUT2D eigenvalue weighted by Crippen LogP contribution is 2.41. The fourth-order valence-corrected chi connectivity index (χ4v) is 2.86. The van der Waals surface area contributed by atoms with Crippen LogP contribution in [0, 0.1) is 0 Å². The Morgan fingerprint density at radius 2 is 1.75 bits per heavy atom. The summed E-state index contributed by atoms with van der Waals surface area (Å²) in [6, 6.07) is 3.60. The predicted molar refractivity (Wildman–Crippen MR) is 93.6 cm³/mol. The minimum atomic E-state index is -0.452. The highest BCUT2D eigenvalue weighted by Gasteiger charge is 2.27. The number of benzene rings is 1. The number of methoxy groups -OCH3 is 4. The minimum Gasteiger partial charge on any atom is -0.493 e. The fourth-order valence-electron chi connectivity index (χ4n) is 2.50. The van der Waals surface area contributed by atoms with Gasteiger partial charge in [0.05, 0.1) is 33.6 Å². The van der Waals surface area contributed by atoms with E-state index < -0.39 is 5.50 Å². The highest BCUT2D eigenvalue weighted by molar-refractivity contribution is 7.80. The Morgan fingerprint density at radius 3 is 2.25 bits per heavy atom. The van der Waals surface area contributed by atoms with E-state index in [4.69, 9.17) is 18.9 Å². The second kappa shape index (κ2) is 8.16. The second-order valence-corrected chi connectivity index (χ2v) is 5.50. The van der Waals surface area contributed by atoms with Gasteiger partial charge < -0.3 is 29.2 Å². The van der Waals surface area contributed by atoms with Crippen LogP contribution >= 0.6 is 12.6 Å². The number of hydrogen-bond acceptors (Lipinski definition) is 7. The molecule has 0 spiro atoms. The first kappa shape index (κ1) is 18.3. The lowest BCUT2D eigenvalue weighted by molar-refractivity contribution is -0.117. The Bertz CT molecular complexity index is 610. The molecule has 1 atom stereocenters. The van der Waals surface area contributed by atoms with Gasteiger partial charge in [-0.1, -0.05) is 0 Å². The van der Waals surface area contributed by atoms with Gasteiger partial charge in [-0.15, -0.1) is 12.6 Å². The van der Waals surface area contributed by atoms with Gasteiger partial charge in [0.15, 0.2) is 11.5 Å². The van der Waals surface area contributed by atoms with Gasteiger partial charge in [-0.2, -0.15) is 0 Å². The molecule has 24 heavy (non-hydrogen) atoms. The maximum Gasteiger partial charge on any atom is 0.248 e. The van der Waals surface area contributed by atoms with E-state index >= 15 is 0 Å². The lowest BCUT2D eigenvalue weighted by Crippen LogP contribution is -2.48. The summed E-state index contributed by atoms with van der Waals surface area (Å²) >= 11 is 4.44. The van der Waals surface area contributed by atoms with E-state index in [0.29, 0.717) is 36.1 Å². The molecule has 8 heteroatoms. The summed E-state index contributed by atoms with van der Waals surface area (Å²) in [5.41, 5.74) is 1.01. The Hall–Kier alpha value is -2.06. The summed E-state index contributed by atoms with van der Waals surface area (Å²) in [6.07, 6.45) is 1.52. The van der Waals surface area contributed by atoms with Gasteiger partial charge in [-0.25, -0.2) is 0 Å². The fraction of sp³-hybridized carbons (Fsp3) is 0.438. The van der Waals surface area contributed by atoms with Crippen LogP contribution in [0.1, 0.15) is 5.56 Å². The normalized spacial score (nSPS) is 17.2. The van der Waals surface area contributed by atoms with Crippen LogP contribution in [-0.4, -0.2) is 57.9 Å². The maximum absolute atomic E-state index is 11.9. The van der Waals surface area contributed by atoms with Crippen molar-refractivity contribution in [2.75, 3.05) is 41.6 Å². The van der Waals surface area contributed by atoms with Crippen molar-refractivity contribution in [1.29, 1.82) is 0 Å². The van der Waals surface area contributed by atoms with Crippen molar-refractivity contribution in [3.63, 3.8) is 0 Å². The SMILES string of the molecule is COCCN1C(c2cc(OC)c(OC)c(OC)c2)=CC(=O)NC1S. The lowest BCUT2D eigenvalue weighted by Gasteiger charge is -2.36. The number of nitrogens with one attached hydrogen (secondary N) is 1. The van der Waals surface area contributed by atoms with Crippen molar-refractivity contribution in [1.82, 2.24) is 10.2 Å². The van der Waals surface area contributed by atoms with Crippen molar-refractivity contribution < 1.29 is 23.7 Å². The van der Waals surface area contributed by atoms with Crippen molar-refractivity contribution in [3.05, 3.63) is 23.8 Å². The second-order valence-electron chi connectivity index (χ2n) is 5.01. The number of amides is 1. The molecule has 1 aliphatic heterocycles. The molecule has 0 saturated carbocycles. The molecule has 0 fully saturated rings. The maximum atomic E-state index is 11.9. The van der Waals surface area contributed by atoms with Gasteiger partial charge in [-0.3, -0.25) is 4.79 Å². The molecule has 2 rings (SSSR count). The molecule has 1 N–H and O–H groups in total. The first-order valence-electron chi connectivity index (χ1n) is 7.32. The average molecular weight is 354 g/mol. The molecule has 132 valence electrons. The topological polar surface area (TPSA) is 69.3 Å². The van der Waals surface area contributed by atoms with Crippen LogP contribution in [0.2, 0.25) is 0 Å². The van der Waals surface area contributed by atoms with E-state index in [2.05, 4.69) is 17.9 Å². The number of carbonyl (C=O) groups excluding carboxylic acids is 1. The lowest BCUT2D eigenvalue weighted by atomic mass is 10.1. The van der Waals surface area contributed by atoms with Gasteiger partial charge in [0.2, 0.25) is 11.7 Å². The Kier molecular flexibility index (Phi) is 6.22. The Balaban J connectivity index is 2.51. The standard InChI is InChI=1S/C16H22N2O5S/c1-20-6-5-18-11(9-14(19)17-16(18)24)10-7-12(21-2)15(23-4)13(8-10)22-3/h7-9,16,24H,5-6H2,1-4H3,(H,17,19). The van der Waals surface area contributed by atoms with Gasteiger partial charge >= 0.3 is 0 Å². The van der Waals surface area contributed by atoms with E-state index in [1.807, 2.05) is 4.90 Å². The van der Waals surface area contributed by atoms with Crippen LogP contribution in [-0.2, 0) is 9.53 Å². The Labute approximate surface area is 146 Å². The van der Waals surface area contributed by atoms with Gasteiger partial charge in [-0.05, 0) is 12.1 Å². The van der Waals surface area contributed by atoms with Crippen LogP contribution < -0.4 is 19.5 Å². The molecule has 0 saturated heterocycles. The van der Waals surface area contributed by atoms with Crippen molar-refractivity contribution >= 4 is 24.2 Å². The number of thiol groups is 1. The zero-order valence-corrected chi connectivity index (χ0v) is 15.1. The van der Waals surface area contributed by atoms with E-state index in [0.717, 1.165) is 5.56 Å². The first-order valence-corrected chi connectivity index (χ1v) is 7.83. The summed E-state index contributed by atoms with van der Waals surface area (Å²) in [5, 5.41) is 2.75. The zero-order valence-electron chi connectivity index (χ0n) is 14.2. The quantitative estimate of drug-likeness (QED) is 0.721. The number of hydrogen-bond donors (Lipinski definition) is 2. The predicted octanol–water partition coefficient (Wildman–Crippen LogP) is 1.34. The minimum absolute atomic E-state index is 0.215. The summed E-state index contributed by atoms with van der Waals surface area (Å²) < 4.78 is 21.3. The average Bonchev–Trinajstić information content (AvgIpc) is 2.58. The molecule has 7 nitrogen and oxygen atoms in total. The molecule has 1 aliphatic rings. The molecule has 1 heterocycles. The van der Waals surface area contributed by atoms with Crippen LogP contribution in [0.3, 0.4) is 0 Å². The van der Waals surface area contributed by atoms with Crippen molar-refractivity contribution in [2.24, 2.45) is 0 Å².